The number of amides is 2. The summed E-state index contributed by atoms with van der Waals surface area (Å²) in [6, 6.07) is 27.6. The van der Waals surface area contributed by atoms with Gasteiger partial charge in [-0.3, -0.25) is 13.9 Å². The summed E-state index contributed by atoms with van der Waals surface area (Å²) in [5.74, 6) is -0.456. The van der Waals surface area contributed by atoms with Gasteiger partial charge in [0.05, 0.1) is 17.7 Å². The van der Waals surface area contributed by atoms with Gasteiger partial charge in [0.25, 0.3) is 10.0 Å². The molecule has 2 amide bonds. The van der Waals surface area contributed by atoms with Gasteiger partial charge in [0.1, 0.15) is 18.3 Å². The maximum absolute atomic E-state index is 14.6. The minimum absolute atomic E-state index is 0.0115. The first-order valence-electron chi connectivity index (χ1n) is 14.9. The van der Waals surface area contributed by atoms with Gasteiger partial charge in [0.15, 0.2) is 0 Å². The van der Waals surface area contributed by atoms with Crippen LogP contribution in [0.1, 0.15) is 30.9 Å². The zero-order valence-corrected chi connectivity index (χ0v) is 28.1. The molecule has 0 aliphatic heterocycles. The van der Waals surface area contributed by atoms with Crippen LogP contribution in [-0.4, -0.2) is 51.4 Å². The summed E-state index contributed by atoms with van der Waals surface area (Å²) < 4.78 is 34.5. The number of nitrogens with one attached hydrogen (secondary N) is 1. The minimum Gasteiger partial charge on any atom is -0.497 e. The third-order valence-electron chi connectivity index (χ3n) is 7.46. The normalized spacial score (nSPS) is 11.8. The van der Waals surface area contributed by atoms with Crippen molar-refractivity contribution in [3.05, 3.63) is 124 Å². The Hall–Kier alpha value is -4.05. The highest BCUT2D eigenvalue weighted by Crippen LogP contribution is 2.29. The van der Waals surface area contributed by atoms with Crippen LogP contribution in [0.5, 0.6) is 5.75 Å². The molecule has 0 heterocycles. The van der Waals surface area contributed by atoms with Crippen LogP contribution in [-0.2, 0) is 32.6 Å². The van der Waals surface area contributed by atoms with Crippen LogP contribution < -0.4 is 14.4 Å². The van der Waals surface area contributed by atoms with Gasteiger partial charge in [-0.25, -0.2) is 8.42 Å². The molecule has 0 unspecified atom stereocenters. The van der Waals surface area contributed by atoms with Crippen LogP contribution in [0.2, 0.25) is 10.0 Å². The second-order valence-electron chi connectivity index (χ2n) is 10.6. The molecule has 0 aliphatic carbocycles. The van der Waals surface area contributed by atoms with E-state index in [1.54, 1.807) is 60.7 Å². The summed E-state index contributed by atoms with van der Waals surface area (Å²) in [6.07, 6.45) is 1.81. The molecule has 11 heteroatoms. The van der Waals surface area contributed by atoms with Gasteiger partial charge < -0.3 is 15.0 Å². The van der Waals surface area contributed by atoms with E-state index in [-0.39, 0.29) is 29.5 Å². The van der Waals surface area contributed by atoms with Crippen molar-refractivity contribution in [3.8, 4) is 5.75 Å². The van der Waals surface area contributed by atoms with E-state index in [4.69, 9.17) is 27.9 Å². The molecular formula is C35H37Cl2N3O5S. The first-order valence-corrected chi connectivity index (χ1v) is 17.1. The Morgan fingerprint density at radius 3 is 2.04 bits per heavy atom. The molecule has 0 saturated carbocycles. The summed E-state index contributed by atoms with van der Waals surface area (Å²) in [6.45, 7) is 1.72. The van der Waals surface area contributed by atoms with Crippen LogP contribution in [0, 0.1) is 0 Å². The van der Waals surface area contributed by atoms with Crippen LogP contribution in [0.25, 0.3) is 0 Å². The number of nitrogens with zero attached hydrogens (tertiary/aromatic N) is 2. The number of rotatable bonds is 15. The number of carbonyl (C=O) groups is 2. The van der Waals surface area contributed by atoms with Crippen LogP contribution >= 0.6 is 23.2 Å². The highest BCUT2D eigenvalue weighted by Gasteiger charge is 2.35. The Kier molecular flexibility index (Phi) is 12.5. The summed E-state index contributed by atoms with van der Waals surface area (Å²) >= 11 is 13.1. The molecule has 0 bridgehead atoms. The Bertz CT molecular complexity index is 1690. The largest absolute Gasteiger partial charge is 0.497 e. The molecule has 0 aliphatic rings. The molecule has 1 N–H and O–H groups in total. The van der Waals surface area contributed by atoms with Crippen molar-refractivity contribution >= 4 is 50.7 Å². The highest BCUT2D eigenvalue weighted by molar-refractivity contribution is 7.92. The maximum Gasteiger partial charge on any atom is 0.264 e. The number of unbranched alkanes of at least 4 members (excludes halogenated alkanes) is 1. The summed E-state index contributed by atoms with van der Waals surface area (Å²) in [5.41, 5.74) is 1.52. The molecule has 1 atom stereocenters. The summed E-state index contributed by atoms with van der Waals surface area (Å²) in [5, 5.41) is 3.60. The van der Waals surface area contributed by atoms with Crippen LogP contribution in [0.3, 0.4) is 0 Å². The van der Waals surface area contributed by atoms with Crippen molar-refractivity contribution in [3.63, 3.8) is 0 Å². The van der Waals surface area contributed by atoms with Crippen molar-refractivity contribution in [2.75, 3.05) is 24.5 Å². The predicted octanol–water partition coefficient (Wildman–Crippen LogP) is 6.75. The van der Waals surface area contributed by atoms with Crippen molar-refractivity contribution in [2.45, 2.75) is 43.7 Å². The van der Waals surface area contributed by atoms with Gasteiger partial charge in [-0.15, -0.1) is 0 Å². The maximum atomic E-state index is 14.6. The van der Waals surface area contributed by atoms with Gasteiger partial charge in [0.2, 0.25) is 11.8 Å². The highest BCUT2D eigenvalue weighted by atomic mass is 35.5. The predicted molar refractivity (Wildman–Crippen MR) is 183 cm³/mol. The number of halogens is 2. The summed E-state index contributed by atoms with van der Waals surface area (Å²) in [7, 11) is -2.71. The minimum atomic E-state index is -4.22. The second kappa shape index (κ2) is 16.5. The monoisotopic (exact) mass is 681 g/mol. The van der Waals surface area contributed by atoms with Gasteiger partial charge >= 0.3 is 0 Å². The Morgan fingerprint density at radius 2 is 1.46 bits per heavy atom. The van der Waals surface area contributed by atoms with E-state index in [0.717, 1.165) is 22.7 Å². The molecule has 0 aromatic heterocycles. The number of methoxy groups -OCH3 is 1. The van der Waals surface area contributed by atoms with E-state index in [9.17, 15) is 18.0 Å². The number of benzene rings is 4. The molecule has 4 aromatic carbocycles. The second-order valence-corrected chi connectivity index (χ2v) is 13.3. The molecule has 0 fully saturated rings. The van der Waals surface area contributed by atoms with Gasteiger partial charge in [-0.2, -0.15) is 0 Å². The van der Waals surface area contributed by atoms with Crippen molar-refractivity contribution < 1.29 is 22.7 Å². The SMILES string of the molecule is CCCCNC(=O)[C@@H](Cc1ccccc1)N(Cc1c(Cl)cccc1Cl)C(=O)CN(c1ccc(OC)cc1)S(=O)(=O)c1ccccc1. The quantitative estimate of drug-likeness (QED) is 0.140. The first-order chi connectivity index (χ1) is 22.1. The number of hydrogen-bond acceptors (Lipinski definition) is 5. The number of ether oxygens (including phenoxy) is 1. The number of sulfonamides is 1. The van der Waals surface area contributed by atoms with Crippen LogP contribution in [0.4, 0.5) is 5.69 Å². The van der Waals surface area contributed by atoms with E-state index in [2.05, 4.69) is 5.32 Å². The topological polar surface area (TPSA) is 96.0 Å². The lowest BCUT2D eigenvalue weighted by molar-refractivity contribution is -0.140. The number of hydrogen-bond donors (Lipinski definition) is 1. The van der Waals surface area contributed by atoms with Gasteiger partial charge in [-0.05, 0) is 60.5 Å². The molecule has 4 rings (SSSR count). The van der Waals surface area contributed by atoms with Gasteiger partial charge in [-0.1, -0.05) is 91.1 Å². The van der Waals surface area contributed by atoms with Crippen molar-refractivity contribution in [2.24, 2.45) is 0 Å². The van der Waals surface area contributed by atoms with E-state index >= 15 is 0 Å². The standard InChI is InChI=1S/C35H37Cl2N3O5S/c1-3-4-22-38-35(42)33(23-26-12-7-5-8-13-26)39(24-30-31(36)16-11-17-32(30)37)34(41)25-40(27-18-20-28(45-2)21-19-27)46(43,44)29-14-9-6-10-15-29/h5-21,33H,3-4,22-25H2,1-2H3,(H,38,42)/t33-/m1/s1. The fourth-order valence-electron chi connectivity index (χ4n) is 4.91. The fourth-order valence-corrected chi connectivity index (χ4v) is 6.86. The lowest BCUT2D eigenvalue weighted by Gasteiger charge is -2.34. The Balaban J connectivity index is 1.81. The lowest BCUT2D eigenvalue weighted by Crippen LogP contribution is -2.53. The fraction of sp³-hybridized carbons (Fsp3) is 0.257. The average molecular weight is 683 g/mol. The molecule has 46 heavy (non-hydrogen) atoms. The Morgan fingerprint density at radius 1 is 0.848 bits per heavy atom. The molecule has 0 saturated heterocycles. The third kappa shape index (κ3) is 8.81. The first kappa shape index (κ1) is 34.8. The molecule has 4 aromatic rings. The van der Waals surface area contributed by atoms with Crippen molar-refractivity contribution in [1.29, 1.82) is 0 Å². The zero-order chi connectivity index (χ0) is 33.1. The van der Waals surface area contributed by atoms with Gasteiger partial charge in [0, 0.05) is 35.1 Å². The van der Waals surface area contributed by atoms with E-state index in [0.29, 0.717) is 27.9 Å². The average Bonchev–Trinajstić information content (AvgIpc) is 3.07. The zero-order valence-electron chi connectivity index (χ0n) is 25.7. The van der Waals surface area contributed by atoms with Crippen LogP contribution in [0.15, 0.2) is 108 Å². The lowest BCUT2D eigenvalue weighted by atomic mass is 10.0. The molecule has 0 radical (unpaired) electrons. The number of anilines is 1. The Labute approximate surface area is 280 Å². The third-order valence-corrected chi connectivity index (χ3v) is 9.96. The molecule has 8 nitrogen and oxygen atoms in total. The van der Waals surface area contributed by atoms with E-state index < -0.39 is 28.5 Å². The smallest absolute Gasteiger partial charge is 0.264 e. The molecular weight excluding hydrogens is 645 g/mol. The van der Waals surface area contributed by atoms with E-state index in [1.165, 1.54) is 24.1 Å². The molecule has 0 spiro atoms. The summed E-state index contributed by atoms with van der Waals surface area (Å²) in [4.78, 5) is 29.8. The van der Waals surface area contributed by atoms with Crippen molar-refractivity contribution in [1.82, 2.24) is 10.2 Å². The van der Waals surface area contributed by atoms with E-state index in [1.807, 2.05) is 37.3 Å². The molecule has 242 valence electrons. The number of carbonyl (C=O) groups excluding carboxylic acids is 2.